The summed E-state index contributed by atoms with van der Waals surface area (Å²) in [6.45, 7) is 4.20. The molecule has 0 saturated heterocycles. The van der Waals surface area contributed by atoms with Crippen LogP contribution in [0.5, 0.6) is 0 Å². The Morgan fingerprint density at radius 2 is 1.37 bits per heavy atom. The summed E-state index contributed by atoms with van der Waals surface area (Å²) in [5.41, 5.74) is 8.14. The molecule has 3 aromatic heterocycles. The minimum Gasteiger partial charge on any atom is -0.329 e. The van der Waals surface area contributed by atoms with E-state index in [1.807, 2.05) is 24.5 Å². The Labute approximate surface area is 205 Å². The number of hydrogen-bond donors (Lipinski definition) is 0. The Kier molecular flexibility index (Phi) is 5.07. The van der Waals surface area contributed by atoms with Crippen molar-refractivity contribution in [3.05, 3.63) is 115 Å². The van der Waals surface area contributed by atoms with Gasteiger partial charge in [0.25, 0.3) is 0 Å². The van der Waals surface area contributed by atoms with Gasteiger partial charge in [0, 0.05) is 35.9 Å². The highest BCUT2D eigenvalue weighted by Gasteiger charge is 2.14. The van der Waals surface area contributed by atoms with Gasteiger partial charge in [0.2, 0.25) is 0 Å². The van der Waals surface area contributed by atoms with Crippen molar-refractivity contribution in [3.8, 4) is 16.9 Å². The predicted molar refractivity (Wildman–Crippen MR) is 146 cm³/mol. The molecule has 0 unspecified atom stereocenters. The lowest BCUT2D eigenvalue weighted by Gasteiger charge is -2.19. The number of anilines is 2. The second-order valence-corrected chi connectivity index (χ2v) is 9.08. The molecule has 0 saturated carbocycles. The zero-order valence-electron chi connectivity index (χ0n) is 20.1. The molecule has 170 valence electrons. The van der Waals surface area contributed by atoms with Gasteiger partial charge in [0.1, 0.15) is 11.6 Å². The van der Waals surface area contributed by atoms with E-state index in [1.165, 1.54) is 27.5 Å². The van der Waals surface area contributed by atoms with E-state index >= 15 is 0 Å². The van der Waals surface area contributed by atoms with E-state index in [9.17, 15) is 0 Å². The molecule has 6 aromatic rings. The third-order valence-electron chi connectivity index (χ3n) is 6.62. The molecule has 3 heterocycles. The Balaban J connectivity index is 1.51. The van der Waals surface area contributed by atoms with Gasteiger partial charge in [-0.15, -0.1) is 0 Å². The monoisotopic (exact) mass is 454 g/mol. The van der Waals surface area contributed by atoms with Crippen LogP contribution in [-0.2, 0) is 0 Å². The lowest BCUT2D eigenvalue weighted by atomic mass is 10.0. The second kappa shape index (κ2) is 8.41. The van der Waals surface area contributed by atoms with E-state index in [4.69, 9.17) is 4.98 Å². The van der Waals surface area contributed by atoms with E-state index in [1.54, 1.807) is 0 Å². The fourth-order valence-corrected chi connectivity index (χ4v) is 4.77. The molecular formula is C31H26N4. The number of fused-ring (bicyclic) bond motifs is 3. The first kappa shape index (κ1) is 21.1. The highest BCUT2D eigenvalue weighted by molar-refractivity contribution is 6.10. The van der Waals surface area contributed by atoms with Crippen molar-refractivity contribution >= 4 is 33.3 Å². The molecule has 0 fully saturated rings. The van der Waals surface area contributed by atoms with E-state index in [0.717, 1.165) is 33.9 Å². The van der Waals surface area contributed by atoms with Crippen LogP contribution in [0.1, 0.15) is 11.1 Å². The lowest BCUT2D eigenvalue weighted by Crippen LogP contribution is -2.11. The minimum atomic E-state index is 0.934. The second-order valence-electron chi connectivity index (χ2n) is 9.08. The van der Waals surface area contributed by atoms with Crippen LogP contribution in [0.25, 0.3) is 38.8 Å². The van der Waals surface area contributed by atoms with Gasteiger partial charge in [-0.05, 0) is 84.6 Å². The average molecular weight is 455 g/mol. The maximum absolute atomic E-state index is 4.71. The average Bonchev–Trinajstić information content (AvgIpc) is 3.22. The van der Waals surface area contributed by atoms with Gasteiger partial charge in [0.15, 0.2) is 0 Å². The largest absolute Gasteiger partial charge is 0.329 e. The number of rotatable bonds is 4. The molecule has 0 spiro atoms. The number of hydrogen-bond acceptors (Lipinski definition) is 3. The number of aromatic nitrogens is 3. The highest BCUT2D eigenvalue weighted by Crippen LogP contribution is 2.35. The number of pyridine rings is 2. The first-order valence-electron chi connectivity index (χ1n) is 11.8. The minimum absolute atomic E-state index is 0.934. The Hall–Kier alpha value is -4.44. The molecule has 35 heavy (non-hydrogen) atoms. The van der Waals surface area contributed by atoms with Crippen molar-refractivity contribution in [3.63, 3.8) is 0 Å². The van der Waals surface area contributed by atoms with Gasteiger partial charge in [0.05, 0.1) is 11.0 Å². The molecular weight excluding hydrogens is 428 g/mol. The van der Waals surface area contributed by atoms with Gasteiger partial charge < -0.3 is 4.90 Å². The molecule has 3 aromatic carbocycles. The van der Waals surface area contributed by atoms with Crippen molar-refractivity contribution in [1.29, 1.82) is 0 Å². The smallest absolute Gasteiger partial charge is 0.137 e. The van der Waals surface area contributed by atoms with Crippen molar-refractivity contribution in [1.82, 2.24) is 14.5 Å². The molecule has 0 radical (unpaired) electrons. The molecule has 0 amide bonds. The highest BCUT2D eigenvalue weighted by atomic mass is 15.2. The maximum atomic E-state index is 4.71. The molecule has 0 bridgehead atoms. The first-order chi connectivity index (χ1) is 17.1. The zero-order valence-corrected chi connectivity index (χ0v) is 20.1. The number of nitrogens with zero attached hydrogens (tertiary/aromatic N) is 4. The summed E-state index contributed by atoms with van der Waals surface area (Å²) in [6, 6.07) is 32.2. The van der Waals surface area contributed by atoms with E-state index in [2.05, 4.69) is 114 Å². The van der Waals surface area contributed by atoms with Gasteiger partial charge >= 0.3 is 0 Å². The van der Waals surface area contributed by atoms with Crippen LogP contribution in [0.3, 0.4) is 0 Å². The van der Waals surface area contributed by atoms with Crippen LogP contribution >= 0.6 is 0 Å². The van der Waals surface area contributed by atoms with Crippen molar-refractivity contribution in [2.45, 2.75) is 13.8 Å². The van der Waals surface area contributed by atoms with E-state index < -0.39 is 0 Å². The SMILES string of the molecule is Cc1ccnc(N(C)c2cccc(-c3ccc4c5ccccc5n(-c5cc(C)ccn5)c4c3)c2)c1. The maximum Gasteiger partial charge on any atom is 0.137 e. The van der Waals surface area contributed by atoms with Crippen molar-refractivity contribution in [2.24, 2.45) is 0 Å². The molecule has 0 N–H and O–H groups in total. The third kappa shape index (κ3) is 3.73. The molecule has 0 aliphatic carbocycles. The topological polar surface area (TPSA) is 34.0 Å². The summed E-state index contributed by atoms with van der Waals surface area (Å²) < 4.78 is 2.27. The summed E-state index contributed by atoms with van der Waals surface area (Å²) in [5, 5.41) is 2.46. The molecule has 0 atom stereocenters. The van der Waals surface area contributed by atoms with Crippen LogP contribution in [0.2, 0.25) is 0 Å². The zero-order chi connectivity index (χ0) is 23.9. The van der Waals surface area contributed by atoms with Crippen LogP contribution in [0, 0.1) is 13.8 Å². The van der Waals surface area contributed by atoms with Crippen LogP contribution in [0.15, 0.2) is 103 Å². The fourth-order valence-electron chi connectivity index (χ4n) is 4.77. The fraction of sp³-hybridized carbons (Fsp3) is 0.0968. The summed E-state index contributed by atoms with van der Waals surface area (Å²) >= 11 is 0. The van der Waals surface area contributed by atoms with Gasteiger partial charge in [-0.1, -0.05) is 42.5 Å². The first-order valence-corrected chi connectivity index (χ1v) is 11.8. The number of benzene rings is 3. The predicted octanol–water partition coefficient (Wildman–Crippen LogP) is 7.63. The van der Waals surface area contributed by atoms with Gasteiger partial charge in [-0.25, -0.2) is 9.97 Å². The van der Waals surface area contributed by atoms with Crippen molar-refractivity contribution < 1.29 is 0 Å². The summed E-state index contributed by atoms with van der Waals surface area (Å²) in [5.74, 6) is 1.87. The van der Waals surface area contributed by atoms with E-state index in [-0.39, 0.29) is 0 Å². The summed E-state index contributed by atoms with van der Waals surface area (Å²) in [7, 11) is 2.06. The normalized spacial score (nSPS) is 11.3. The van der Waals surface area contributed by atoms with Gasteiger partial charge in [-0.2, -0.15) is 0 Å². The molecule has 0 aliphatic rings. The van der Waals surface area contributed by atoms with Gasteiger partial charge in [-0.3, -0.25) is 4.57 Å². The lowest BCUT2D eigenvalue weighted by molar-refractivity contribution is 1.07. The Morgan fingerprint density at radius 1 is 0.629 bits per heavy atom. The molecule has 6 rings (SSSR count). The van der Waals surface area contributed by atoms with Crippen LogP contribution < -0.4 is 4.90 Å². The third-order valence-corrected chi connectivity index (χ3v) is 6.62. The van der Waals surface area contributed by atoms with Crippen molar-refractivity contribution in [2.75, 3.05) is 11.9 Å². The molecule has 0 aliphatic heterocycles. The standard InChI is InChI=1S/C31H26N4/c1-21-13-15-32-30(17-21)34(3)25-8-6-7-23(19-25)24-11-12-27-26-9-4-5-10-28(26)35(29(27)20-24)31-18-22(2)14-16-33-31/h4-20H,1-3H3. The Bertz CT molecular complexity index is 1700. The quantitative estimate of drug-likeness (QED) is 0.275. The Morgan fingerprint density at radius 3 is 2.20 bits per heavy atom. The number of aryl methyl sites for hydroxylation is 2. The summed E-state index contributed by atoms with van der Waals surface area (Å²) in [4.78, 5) is 11.4. The number of para-hydroxylation sites is 1. The molecule has 4 heteroatoms. The summed E-state index contributed by atoms with van der Waals surface area (Å²) in [6.07, 6.45) is 3.74. The van der Waals surface area contributed by atoms with Crippen LogP contribution in [-0.4, -0.2) is 21.6 Å². The van der Waals surface area contributed by atoms with E-state index in [0.29, 0.717) is 0 Å². The van der Waals surface area contributed by atoms with Crippen LogP contribution in [0.4, 0.5) is 11.5 Å². The molecule has 4 nitrogen and oxygen atoms in total.